The summed E-state index contributed by atoms with van der Waals surface area (Å²) in [4.78, 5) is 14.1. The minimum Gasteiger partial charge on any atom is -0.355 e. The molecule has 78 valence electrons. The summed E-state index contributed by atoms with van der Waals surface area (Å²) in [5.74, 6) is 0. The molecule has 0 saturated heterocycles. The fourth-order valence-electron chi connectivity index (χ4n) is 1.01. The van der Waals surface area contributed by atoms with Gasteiger partial charge >= 0.3 is 0 Å². The first kappa shape index (κ1) is 10.9. The number of aryl methyl sites for hydroxylation is 1. The number of rotatable bonds is 4. The Kier molecular flexibility index (Phi) is 3.17. The van der Waals surface area contributed by atoms with Crippen molar-refractivity contribution in [1.82, 2.24) is 4.98 Å². The number of nitrogens with zero attached hydrogens (tertiary/aromatic N) is 2. The highest BCUT2D eigenvalue weighted by atomic mass is 16.6. The predicted molar refractivity (Wildman–Crippen MR) is 58.6 cm³/mol. The van der Waals surface area contributed by atoms with Gasteiger partial charge in [-0.05, 0) is 13.0 Å². The van der Waals surface area contributed by atoms with Crippen LogP contribution in [0.1, 0.15) is 5.69 Å². The van der Waals surface area contributed by atoms with E-state index in [9.17, 15) is 10.1 Å². The summed E-state index contributed by atoms with van der Waals surface area (Å²) in [5, 5.41) is 13.5. The van der Waals surface area contributed by atoms with Gasteiger partial charge in [0.15, 0.2) is 0 Å². The molecule has 0 unspecified atom stereocenters. The number of hydrogen-bond donors (Lipinski definition) is 1. The molecule has 0 atom stereocenters. The fraction of sp³-hybridized carbons (Fsp3) is 0.100. The number of allylic oxidation sites excluding steroid dienone is 1. The molecule has 5 heteroatoms. The SMILES string of the molecule is C=CC(=C)Nc1cnc(C)c([N+](=O)[O-])c1. The maximum atomic E-state index is 10.6. The third-order valence-corrected chi connectivity index (χ3v) is 1.81. The van der Waals surface area contributed by atoms with E-state index in [0.717, 1.165) is 0 Å². The van der Waals surface area contributed by atoms with Crippen molar-refractivity contribution in [3.63, 3.8) is 0 Å². The topological polar surface area (TPSA) is 68.1 Å². The highest BCUT2D eigenvalue weighted by Crippen LogP contribution is 2.20. The second-order valence-corrected chi connectivity index (χ2v) is 2.94. The highest BCUT2D eigenvalue weighted by molar-refractivity contribution is 5.55. The zero-order chi connectivity index (χ0) is 11.4. The first-order chi connectivity index (χ1) is 7.04. The average molecular weight is 205 g/mol. The Bertz CT molecular complexity index is 427. The molecule has 1 N–H and O–H groups in total. The summed E-state index contributed by atoms with van der Waals surface area (Å²) >= 11 is 0. The molecule has 1 aromatic rings. The Morgan fingerprint density at radius 3 is 2.93 bits per heavy atom. The largest absolute Gasteiger partial charge is 0.355 e. The van der Waals surface area contributed by atoms with Gasteiger partial charge < -0.3 is 5.32 Å². The van der Waals surface area contributed by atoms with E-state index < -0.39 is 4.92 Å². The van der Waals surface area contributed by atoms with Gasteiger partial charge in [-0.2, -0.15) is 0 Å². The van der Waals surface area contributed by atoms with Crippen LogP contribution >= 0.6 is 0 Å². The van der Waals surface area contributed by atoms with Crippen LogP contribution in [0.3, 0.4) is 0 Å². The fourth-order valence-corrected chi connectivity index (χ4v) is 1.01. The van der Waals surface area contributed by atoms with E-state index in [-0.39, 0.29) is 5.69 Å². The van der Waals surface area contributed by atoms with E-state index in [4.69, 9.17) is 0 Å². The van der Waals surface area contributed by atoms with Crippen LogP contribution in [0.15, 0.2) is 37.2 Å². The molecule has 0 aliphatic heterocycles. The summed E-state index contributed by atoms with van der Waals surface area (Å²) in [6, 6.07) is 1.41. The highest BCUT2D eigenvalue weighted by Gasteiger charge is 2.12. The lowest BCUT2D eigenvalue weighted by molar-refractivity contribution is -0.385. The maximum Gasteiger partial charge on any atom is 0.292 e. The van der Waals surface area contributed by atoms with Crippen molar-refractivity contribution in [2.45, 2.75) is 6.92 Å². The summed E-state index contributed by atoms with van der Waals surface area (Å²) < 4.78 is 0. The first-order valence-electron chi connectivity index (χ1n) is 4.24. The van der Waals surface area contributed by atoms with Gasteiger partial charge in [0.25, 0.3) is 5.69 Å². The average Bonchev–Trinajstić information content (AvgIpc) is 2.20. The lowest BCUT2D eigenvalue weighted by Gasteiger charge is -2.05. The lowest BCUT2D eigenvalue weighted by Crippen LogP contribution is -1.99. The van der Waals surface area contributed by atoms with Crippen molar-refractivity contribution in [1.29, 1.82) is 0 Å². The minimum atomic E-state index is -0.468. The van der Waals surface area contributed by atoms with Crippen molar-refractivity contribution in [2.24, 2.45) is 0 Å². The molecule has 0 spiro atoms. The molecule has 0 aliphatic rings. The number of nitro groups is 1. The van der Waals surface area contributed by atoms with Gasteiger partial charge in [0, 0.05) is 11.8 Å². The van der Waals surface area contributed by atoms with Crippen molar-refractivity contribution >= 4 is 11.4 Å². The lowest BCUT2D eigenvalue weighted by atomic mass is 10.3. The monoisotopic (exact) mass is 205 g/mol. The van der Waals surface area contributed by atoms with Crippen LogP contribution in [-0.4, -0.2) is 9.91 Å². The molecule has 0 bridgehead atoms. The van der Waals surface area contributed by atoms with Gasteiger partial charge in [-0.3, -0.25) is 15.1 Å². The molecule has 1 rings (SSSR count). The van der Waals surface area contributed by atoms with E-state index >= 15 is 0 Å². The van der Waals surface area contributed by atoms with E-state index in [2.05, 4.69) is 23.5 Å². The Hall–Kier alpha value is -2.17. The second kappa shape index (κ2) is 4.36. The molecule has 15 heavy (non-hydrogen) atoms. The van der Waals surface area contributed by atoms with Gasteiger partial charge in [-0.25, -0.2) is 0 Å². The quantitative estimate of drug-likeness (QED) is 0.465. The third kappa shape index (κ3) is 2.63. The van der Waals surface area contributed by atoms with Crippen molar-refractivity contribution in [3.05, 3.63) is 53.0 Å². The van der Waals surface area contributed by atoms with Gasteiger partial charge in [-0.1, -0.05) is 13.2 Å². The molecular formula is C10H11N3O2. The smallest absolute Gasteiger partial charge is 0.292 e. The Balaban J connectivity index is 3.02. The molecule has 0 aliphatic carbocycles. The molecule has 0 amide bonds. The summed E-state index contributed by atoms with van der Waals surface area (Å²) in [6.45, 7) is 8.74. The normalized spacial score (nSPS) is 9.40. The number of aromatic nitrogens is 1. The second-order valence-electron chi connectivity index (χ2n) is 2.94. The van der Waals surface area contributed by atoms with Crippen LogP contribution in [0.25, 0.3) is 0 Å². The van der Waals surface area contributed by atoms with Crippen LogP contribution in [0.5, 0.6) is 0 Å². The molecule has 1 aromatic heterocycles. The molecule has 0 saturated carbocycles. The number of anilines is 1. The van der Waals surface area contributed by atoms with E-state index in [1.54, 1.807) is 6.92 Å². The Morgan fingerprint density at radius 2 is 2.40 bits per heavy atom. The van der Waals surface area contributed by atoms with E-state index in [1.807, 2.05) is 0 Å². The summed E-state index contributed by atoms with van der Waals surface area (Å²) in [7, 11) is 0. The first-order valence-corrected chi connectivity index (χ1v) is 4.24. The van der Waals surface area contributed by atoms with Crippen LogP contribution in [0.4, 0.5) is 11.4 Å². The number of hydrogen-bond acceptors (Lipinski definition) is 4. The molecule has 0 aromatic carbocycles. The van der Waals surface area contributed by atoms with E-state index in [0.29, 0.717) is 17.1 Å². The maximum absolute atomic E-state index is 10.6. The number of nitrogens with one attached hydrogen (secondary N) is 1. The molecule has 0 fully saturated rings. The number of pyridine rings is 1. The Labute approximate surface area is 87.3 Å². The predicted octanol–water partition coefficient (Wildman–Crippen LogP) is 2.41. The molecule has 1 heterocycles. The molecule has 0 radical (unpaired) electrons. The van der Waals surface area contributed by atoms with E-state index in [1.165, 1.54) is 18.3 Å². The standard InChI is InChI=1S/C10H11N3O2/c1-4-7(2)12-9-5-10(13(14)15)8(3)11-6-9/h4-6,12H,1-2H2,3H3. The van der Waals surface area contributed by atoms with Crippen LogP contribution < -0.4 is 5.32 Å². The summed E-state index contributed by atoms with van der Waals surface area (Å²) in [6.07, 6.45) is 3.03. The van der Waals surface area contributed by atoms with Crippen molar-refractivity contribution in [3.8, 4) is 0 Å². The molecular weight excluding hydrogens is 194 g/mol. The van der Waals surface area contributed by atoms with Gasteiger partial charge in [-0.15, -0.1) is 0 Å². The third-order valence-electron chi connectivity index (χ3n) is 1.81. The van der Waals surface area contributed by atoms with Crippen LogP contribution in [0, 0.1) is 17.0 Å². The van der Waals surface area contributed by atoms with Crippen LogP contribution in [-0.2, 0) is 0 Å². The zero-order valence-corrected chi connectivity index (χ0v) is 8.36. The van der Waals surface area contributed by atoms with Crippen molar-refractivity contribution < 1.29 is 4.92 Å². The van der Waals surface area contributed by atoms with Gasteiger partial charge in [0.05, 0.1) is 16.8 Å². The van der Waals surface area contributed by atoms with Crippen molar-refractivity contribution in [2.75, 3.05) is 5.32 Å². The molecule has 5 nitrogen and oxygen atoms in total. The minimum absolute atomic E-state index is 0.0168. The van der Waals surface area contributed by atoms with Crippen LogP contribution in [0.2, 0.25) is 0 Å². The van der Waals surface area contributed by atoms with Gasteiger partial charge in [0.2, 0.25) is 0 Å². The summed E-state index contributed by atoms with van der Waals surface area (Å²) in [5.41, 5.74) is 1.46. The Morgan fingerprint density at radius 1 is 1.73 bits per heavy atom. The van der Waals surface area contributed by atoms with Gasteiger partial charge in [0.1, 0.15) is 5.69 Å². The zero-order valence-electron chi connectivity index (χ0n) is 8.36.